The fourth-order valence-corrected chi connectivity index (χ4v) is 5.84. The average molecular weight is 439 g/mol. The molecule has 3 aromatic heterocycles. The minimum atomic E-state index is -0.278. The lowest BCUT2D eigenvalue weighted by Crippen LogP contribution is -2.32. The van der Waals surface area contributed by atoms with Crippen LogP contribution in [0, 0.1) is 0 Å². The first-order chi connectivity index (χ1) is 14.5. The molecule has 4 aromatic rings. The second-order valence-electron chi connectivity index (χ2n) is 8.05. The van der Waals surface area contributed by atoms with Crippen molar-refractivity contribution in [3.63, 3.8) is 0 Å². The maximum atomic E-state index is 13.7. The highest BCUT2D eigenvalue weighted by atomic mass is 32.2. The first-order valence-corrected chi connectivity index (χ1v) is 11.7. The first kappa shape index (κ1) is 19.6. The van der Waals surface area contributed by atoms with Crippen LogP contribution < -0.4 is 5.56 Å². The molecule has 0 amide bonds. The van der Waals surface area contributed by atoms with Crippen molar-refractivity contribution < 1.29 is 9.15 Å². The molecular weight excluding hydrogens is 416 g/mol. The molecule has 30 heavy (non-hydrogen) atoms. The molecule has 0 spiro atoms. The quantitative estimate of drug-likeness (QED) is 0.315. The van der Waals surface area contributed by atoms with Gasteiger partial charge < -0.3 is 9.15 Å². The SMILES string of the molecule is CC1(C)Cc2c(sc3nc(SCc4ccccc4)n(Cc4ccco4)c(=O)c23)CO1. The Balaban J connectivity index is 1.61. The van der Waals surface area contributed by atoms with Gasteiger partial charge in [-0.15, -0.1) is 11.3 Å². The van der Waals surface area contributed by atoms with E-state index < -0.39 is 0 Å². The zero-order chi connectivity index (χ0) is 20.7. The molecule has 154 valence electrons. The van der Waals surface area contributed by atoms with E-state index in [9.17, 15) is 4.79 Å². The van der Waals surface area contributed by atoms with Gasteiger partial charge in [0.2, 0.25) is 0 Å². The predicted octanol–water partition coefficient (Wildman–Crippen LogP) is 5.24. The highest BCUT2D eigenvalue weighted by Crippen LogP contribution is 2.37. The van der Waals surface area contributed by atoms with E-state index in [1.807, 2.05) is 30.3 Å². The minimum Gasteiger partial charge on any atom is -0.467 e. The Bertz CT molecular complexity index is 1240. The summed E-state index contributed by atoms with van der Waals surface area (Å²) in [4.78, 5) is 20.5. The predicted molar refractivity (Wildman–Crippen MR) is 120 cm³/mol. The molecule has 1 aliphatic rings. The molecule has 0 aliphatic carbocycles. The van der Waals surface area contributed by atoms with E-state index in [1.54, 1.807) is 33.9 Å². The Morgan fingerprint density at radius 1 is 1.20 bits per heavy atom. The standard InChI is InChI=1S/C23H22N2O3S2/c1-23(2)11-17-18(13-28-23)30-20-19(17)21(26)25(12-16-9-6-10-27-16)22(24-20)29-14-15-7-4-3-5-8-15/h3-10H,11-14H2,1-2H3. The highest BCUT2D eigenvalue weighted by Gasteiger charge is 2.31. The lowest BCUT2D eigenvalue weighted by atomic mass is 9.94. The molecule has 5 nitrogen and oxygen atoms in total. The molecule has 4 heterocycles. The molecule has 0 atom stereocenters. The molecule has 0 saturated carbocycles. The second kappa shape index (κ2) is 7.72. The summed E-state index contributed by atoms with van der Waals surface area (Å²) >= 11 is 3.16. The van der Waals surface area contributed by atoms with Gasteiger partial charge in [0.05, 0.1) is 30.4 Å². The van der Waals surface area contributed by atoms with Gasteiger partial charge in [-0.05, 0) is 37.1 Å². The topological polar surface area (TPSA) is 57.3 Å². The Labute approximate surface area is 182 Å². The number of thioether (sulfide) groups is 1. The van der Waals surface area contributed by atoms with E-state index in [0.29, 0.717) is 18.3 Å². The third-order valence-corrected chi connectivity index (χ3v) is 7.41. The zero-order valence-corrected chi connectivity index (χ0v) is 18.5. The number of rotatable bonds is 5. The van der Waals surface area contributed by atoms with E-state index in [1.165, 1.54) is 5.56 Å². The largest absolute Gasteiger partial charge is 0.467 e. The number of benzene rings is 1. The van der Waals surface area contributed by atoms with E-state index in [2.05, 4.69) is 26.0 Å². The van der Waals surface area contributed by atoms with E-state index in [-0.39, 0.29) is 11.2 Å². The lowest BCUT2D eigenvalue weighted by molar-refractivity contribution is -0.0379. The number of ether oxygens (including phenoxy) is 1. The van der Waals surface area contributed by atoms with Crippen LogP contribution in [0.3, 0.4) is 0 Å². The Hall–Kier alpha value is -2.35. The summed E-state index contributed by atoms with van der Waals surface area (Å²) in [6, 6.07) is 14.0. The number of hydrogen-bond acceptors (Lipinski definition) is 6. The third-order valence-electron chi connectivity index (χ3n) is 5.26. The molecule has 1 aliphatic heterocycles. The zero-order valence-electron chi connectivity index (χ0n) is 16.9. The van der Waals surface area contributed by atoms with Crippen molar-refractivity contribution in [2.45, 2.75) is 49.9 Å². The average Bonchev–Trinajstić information content (AvgIpc) is 3.36. The van der Waals surface area contributed by atoms with Crippen molar-refractivity contribution >= 4 is 33.3 Å². The maximum absolute atomic E-state index is 13.7. The molecule has 0 bridgehead atoms. The highest BCUT2D eigenvalue weighted by molar-refractivity contribution is 7.98. The summed E-state index contributed by atoms with van der Waals surface area (Å²) in [6.45, 7) is 5.04. The van der Waals surface area contributed by atoms with Crippen LogP contribution in [0.15, 0.2) is 63.1 Å². The molecule has 0 radical (unpaired) electrons. The van der Waals surface area contributed by atoms with Gasteiger partial charge in [-0.1, -0.05) is 42.1 Å². The van der Waals surface area contributed by atoms with Crippen LogP contribution in [0.4, 0.5) is 0 Å². The number of fused-ring (bicyclic) bond motifs is 3. The summed E-state index contributed by atoms with van der Waals surface area (Å²) in [5, 5.41) is 1.45. The summed E-state index contributed by atoms with van der Waals surface area (Å²) in [5.41, 5.74) is 2.01. The second-order valence-corrected chi connectivity index (χ2v) is 10.1. The number of hydrogen-bond donors (Lipinski definition) is 0. The van der Waals surface area contributed by atoms with Crippen LogP contribution in [0.2, 0.25) is 0 Å². The van der Waals surface area contributed by atoms with Gasteiger partial charge >= 0.3 is 0 Å². The lowest BCUT2D eigenvalue weighted by Gasteiger charge is -2.29. The van der Waals surface area contributed by atoms with Gasteiger partial charge in [0, 0.05) is 17.1 Å². The van der Waals surface area contributed by atoms with Crippen LogP contribution in [0.25, 0.3) is 10.2 Å². The van der Waals surface area contributed by atoms with Crippen molar-refractivity contribution in [2.75, 3.05) is 0 Å². The first-order valence-electron chi connectivity index (χ1n) is 9.88. The minimum absolute atomic E-state index is 0.00200. The Morgan fingerprint density at radius 2 is 2.03 bits per heavy atom. The van der Waals surface area contributed by atoms with Crippen LogP contribution in [0.1, 0.15) is 35.6 Å². The summed E-state index contributed by atoms with van der Waals surface area (Å²) in [7, 11) is 0. The molecule has 1 aromatic carbocycles. The number of furan rings is 1. The van der Waals surface area contributed by atoms with Crippen LogP contribution >= 0.6 is 23.1 Å². The number of thiophene rings is 1. The molecule has 5 rings (SSSR count). The van der Waals surface area contributed by atoms with Gasteiger partial charge in [-0.25, -0.2) is 4.98 Å². The van der Waals surface area contributed by atoms with E-state index >= 15 is 0 Å². The number of aromatic nitrogens is 2. The van der Waals surface area contributed by atoms with Crippen LogP contribution in [0.5, 0.6) is 0 Å². The van der Waals surface area contributed by atoms with Crippen molar-refractivity contribution in [1.82, 2.24) is 9.55 Å². The van der Waals surface area contributed by atoms with Crippen LogP contribution in [-0.2, 0) is 30.1 Å². The summed E-state index contributed by atoms with van der Waals surface area (Å²) in [6.07, 6.45) is 2.35. The molecule has 0 saturated heterocycles. The Kier molecular flexibility index (Phi) is 5.05. The third kappa shape index (κ3) is 3.73. The fraction of sp³-hybridized carbons (Fsp3) is 0.304. The smallest absolute Gasteiger partial charge is 0.263 e. The molecule has 7 heteroatoms. The van der Waals surface area contributed by atoms with E-state index in [0.717, 1.165) is 38.6 Å². The number of nitrogens with zero attached hydrogens (tertiary/aromatic N) is 2. The summed E-state index contributed by atoms with van der Waals surface area (Å²) < 4.78 is 13.3. The molecular formula is C23H22N2O3S2. The van der Waals surface area contributed by atoms with Gasteiger partial charge in [-0.3, -0.25) is 9.36 Å². The summed E-state index contributed by atoms with van der Waals surface area (Å²) in [5.74, 6) is 1.49. The van der Waals surface area contributed by atoms with Crippen LogP contribution in [-0.4, -0.2) is 15.2 Å². The molecule has 0 fully saturated rings. The van der Waals surface area contributed by atoms with E-state index in [4.69, 9.17) is 14.1 Å². The van der Waals surface area contributed by atoms with Crippen molar-refractivity contribution in [3.8, 4) is 0 Å². The van der Waals surface area contributed by atoms with Gasteiger partial charge in [0.25, 0.3) is 5.56 Å². The van der Waals surface area contributed by atoms with Gasteiger partial charge in [0.1, 0.15) is 10.6 Å². The molecule has 0 N–H and O–H groups in total. The van der Waals surface area contributed by atoms with Crippen molar-refractivity contribution in [2.24, 2.45) is 0 Å². The monoisotopic (exact) mass is 438 g/mol. The Morgan fingerprint density at radius 3 is 2.80 bits per heavy atom. The molecule has 0 unspecified atom stereocenters. The normalized spacial score (nSPS) is 15.4. The van der Waals surface area contributed by atoms with Gasteiger partial charge in [-0.2, -0.15) is 0 Å². The van der Waals surface area contributed by atoms with Gasteiger partial charge in [0.15, 0.2) is 5.16 Å². The maximum Gasteiger partial charge on any atom is 0.263 e. The fourth-order valence-electron chi connectivity index (χ4n) is 3.74. The van der Waals surface area contributed by atoms with Crippen molar-refractivity contribution in [3.05, 3.63) is 80.8 Å². The van der Waals surface area contributed by atoms with Crippen molar-refractivity contribution in [1.29, 1.82) is 0 Å².